The lowest BCUT2D eigenvalue weighted by Gasteiger charge is -2.01. The van der Waals surface area contributed by atoms with E-state index in [1.165, 1.54) is 11.3 Å². The lowest BCUT2D eigenvalue weighted by atomic mass is 10.2. The summed E-state index contributed by atoms with van der Waals surface area (Å²) in [5.74, 6) is 1.70. The predicted molar refractivity (Wildman–Crippen MR) is 95.8 cm³/mol. The van der Waals surface area contributed by atoms with Gasteiger partial charge in [-0.2, -0.15) is 21.4 Å². The van der Waals surface area contributed by atoms with Crippen molar-refractivity contribution in [3.05, 3.63) is 42.2 Å². The van der Waals surface area contributed by atoms with E-state index in [0.29, 0.717) is 5.25 Å². The molecule has 3 aromatic heterocycles. The number of aromatic nitrogens is 5. The Hall–Kier alpha value is -1.99. The van der Waals surface area contributed by atoms with E-state index in [4.69, 9.17) is 4.98 Å². The molecule has 0 aliphatic heterocycles. The van der Waals surface area contributed by atoms with Crippen molar-refractivity contribution in [3.8, 4) is 10.7 Å². The zero-order valence-electron chi connectivity index (χ0n) is 12.8. The van der Waals surface area contributed by atoms with Gasteiger partial charge in [-0.05, 0) is 17.4 Å². The molecular weight excluding hydrogens is 326 g/mol. The molecule has 4 rings (SSSR count). The lowest BCUT2D eigenvalue weighted by molar-refractivity contribution is 0.884. The molecule has 0 bridgehead atoms. The van der Waals surface area contributed by atoms with Crippen LogP contribution in [0.2, 0.25) is 0 Å². The van der Waals surface area contributed by atoms with Gasteiger partial charge in [-0.3, -0.25) is 0 Å². The molecule has 0 saturated heterocycles. The lowest BCUT2D eigenvalue weighted by Crippen LogP contribution is -1.97. The standard InChI is InChI=1S/C16H15N5S2/c1-10(2)22-9-14-18-19-16-21(14)20-15(23-16)13-8-7-11-5-3-4-6-12(11)17-13/h3-8,10H,9H2,1-2H3. The topological polar surface area (TPSA) is 56.0 Å². The fraction of sp³-hybridized carbons (Fsp3) is 0.250. The fourth-order valence-corrected chi connectivity index (χ4v) is 3.77. The van der Waals surface area contributed by atoms with E-state index in [0.717, 1.165) is 38.1 Å². The molecule has 0 atom stereocenters. The molecule has 0 amide bonds. The number of nitrogens with zero attached hydrogens (tertiary/aromatic N) is 5. The fourth-order valence-electron chi connectivity index (χ4n) is 2.28. The first-order valence-electron chi connectivity index (χ1n) is 7.39. The summed E-state index contributed by atoms with van der Waals surface area (Å²) in [5, 5.41) is 15.7. The summed E-state index contributed by atoms with van der Waals surface area (Å²) in [7, 11) is 0. The zero-order valence-corrected chi connectivity index (χ0v) is 14.4. The van der Waals surface area contributed by atoms with Gasteiger partial charge in [-0.15, -0.1) is 10.2 Å². The zero-order chi connectivity index (χ0) is 15.8. The van der Waals surface area contributed by atoms with Crippen molar-refractivity contribution in [3.63, 3.8) is 0 Å². The quantitative estimate of drug-likeness (QED) is 0.561. The van der Waals surface area contributed by atoms with E-state index in [1.807, 2.05) is 40.5 Å². The molecule has 0 aliphatic rings. The van der Waals surface area contributed by atoms with E-state index in [-0.39, 0.29) is 0 Å². The number of pyridine rings is 1. The number of thioether (sulfide) groups is 1. The normalized spacial score (nSPS) is 11.8. The van der Waals surface area contributed by atoms with Crippen molar-refractivity contribution >= 4 is 39.0 Å². The number of hydrogen-bond acceptors (Lipinski definition) is 6. The van der Waals surface area contributed by atoms with Crippen molar-refractivity contribution < 1.29 is 0 Å². The van der Waals surface area contributed by atoms with Crippen molar-refractivity contribution in [1.82, 2.24) is 24.8 Å². The van der Waals surface area contributed by atoms with Crippen LogP contribution >= 0.6 is 23.1 Å². The van der Waals surface area contributed by atoms with Crippen molar-refractivity contribution in [1.29, 1.82) is 0 Å². The van der Waals surface area contributed by atoms with Gasteiger partial charge >= 0.3 is 0 Å². The van der Waals surface area contributed by atoms with Gasteiger partial charge in [-0.1, -0.05) is 49.4 Å². The monoisotopic (exact) mass is 341 g/mol. The highest BCUT2D eigenvalue weighted by Crippen LogP contribution is 2.26. The molecule has 0 saturated carbocycles. The summed E-state index contributed by atoms with van der Waals surface area (Å²) >= 11 is 3.36. The maximum absolute atomic E-state index is 4.71. The van der Waals surface area contributed by atoms with Crippen LogP contribution in [0, 0.1) is 0 Å². The van der Waals surface area contributed by atoms with Crippen LogP contribution in [0.5, 0.6) is 0 Å². The Kier molecular flexibility index (Phi) is 3.74. The number of para-hydroxylation sites is 1. The minimum atomic E-state index is 0.558. The van der Waals surface area contributed by atoms with Gasteiger partial charge in [0.1, 0.15) is 5.69 Å². The highest BCUT2D eigenvalue weighted by molar-refractivity contribution is 7.99. The molecule has 0 aliphatic carbocycles. The molecule has 1 aromatic carbocycles. The second kappa shape index (κ2) is 5.90. The first kappa shape index (κ1) is 14.6. The molecule has 116 valence electrons. The minimum absolute atomic E-state index is 0.558. The van der Waals surface area contributed by atoms with Crippen LogP contribution in [0.15, 0.2) is 36.4 Å². The Bertz CT molecular complexity index is 973. The minimum Gasteiger partial charge on any atom is -0.245 e. The Morgan fingerprint density at radius 3 is 2.87 bits per heavy atom. The average Bonchev–Trinajstić information content (AvgIpc) is 3.13. The highest BCUT2D eigenvalue weighted by Gasteiger charge is 2.14. The largest absolute Gasteiger partial charge is 0.245 e. The van der Waals surface area contributed by atoms with Gasteiger partial charge in [0.25, 0.3) is 0 Å². The summed E-state index contributed by atoms with van der Waals surface area (Å²) < 4.78 is 1.84. The van der Waals surface area contributed by atoms with E-state index in [2.05, 4.69) is 41.3 Å². The first-order valence-corrected chi connectivity index (χ1v) is 9.26. The molecule has 7 heteroatoms. The van der Waals surface area contributed by atoms with E-state index in [1.54, 1.807) is 0 Å². The molecule has 0 spiro atoms. The van der Waals surface area contributed by atoms with Crippen molar-refractivity contribution in [2.75, 3.05) is 0 Å². The SMILES string of the molecule is CC(C)SCc1nnc2sc(-c3ccc4ccccc4n3)nn12. The molecule has 5 nitrogen and oxygen atoms in total. The van der Waals surface area contributed by atoms with E-state index < -0.39 is 0 Å². The van der Waals surface area contributed by atoms with Crippen molar-refractivity contribution in [2.24, 2.45) is 0 Å². The molecule has 3 heterocycles. The Morgan fingerprint density at radius 1 is 1.13 bits per heavy atom. The summed E-state index contributed by atoms with van der Waals surface area (Å²) in [4.78, 5) is 5.52. The Morgan fingerprint density at radius 2 is 2.00 bits per heavy atom. The predicted octanol–water partition coefficient (Wildman–Crippen LogP) is 4.04. The number of benzene rings is 1. The number of hydrogen-bond donors (Lipinski definition) is 0. The number of rotatable bonds is 4. The molecule has 23 heavy (non-hydrogen) atoms. The van der Waals surface area contributed by atoms with Crippen LogP contribution in [-0.2, 0) is 5.75 Å². The Balaban J connectivity index is 1.73. The summed E-state index contributed by atoms with van der Waals surface area (Å²) in [6.07, 6.45) is 0. The number of fused-ring (bicyclic) bond motifs is 2. The maximum atomic E-state index is 4.71. The van der Waals surface area contributed by atoms with Crippen molar-refractivity contribution in [2.45, 2.75) is 24.9 Å². The Labute approximate surface area is 141 Å². The highest BCUT2D eigenvalue weighted by atomic mass is 32.2. The third-order valence-electron chi connectivity index (χ3n) is 3.42. The van der Waals surface area contributed by atoms with E-state index >= 15 is 0 Å². The smallest absolute Gasteiger partial charge is 0.235 e. The summed E-state index contributed by atoms with van der Waals surface area (Å²) in [5.41, 5.74) is 1.85. The molecule has 4 aromatic rings. The van der Waals surface area contributed by atoms with Crippen LogP contribution in [0.4, 0.5) is 0 Å². The molecule has 0 radical (unpaired) electrons. The van der Waals surface area contributed by atoms with Gasteiger partial charge in [0.05, 0.1) is 11.3 Å². The first-order chi connectivity index (χ1) is 11.2. The van der Waals surface area contributed by atoms with Gasteiger partial charge in [0, 0.05) is 5.39 Å². The van der Waals surface area contributed by atoms with Crippen LogP contribution in [0.1, 0.15) is 19.7 Å². The average molecular weight is 341 g/mol. The molecular formula is C16H15N5S2. The maximum Gasteiger partial charge on any atom is 0.235 e. The van der Waals surface area contributed by atoms with Gasteiger partial charge in [-0.25, -0.2) is 4.98 Å². The van der Waals surface area contributed by atoms with Crippen LogP contribution in [0.25, 0.3) is 26.6 Å². The summed E-state index contributed by atoms with van der Waals surface area (Å²) in [6.45, 7) is 4.35. The molecule has 0 unspecified atom stereocenters. The van der Waals surface area contributed by atoms with Crippen LogP contribution in [-0.4, -0.2) is 30.0 Å². The molecule has 0 fully saturated rings. The van der Waals surface area contributed by atoms with E-state index in [9.17, 15) is 0 Å². The van der Waals surface area contributed by atoms with Gasteiger partial charge in [0.15, 0.2) is 10.8 Å². The van der Waals surface area contributed by atoms with Crippen LogP contribution in [0.3, 0.4) is 0 Å². The van der Waals surface area contributed by atoms with Crippen LogP contribution < -0.4 is 0 Å². The van der Waals surface area contributed by atoms with Gasteiger partial charge < -0.3 is 0 Å². The third-order valence-corrected chi connectivity index (χ3v) is 5.43. The summed E-state index contributed by atoms with van der Waals surface area (Å²) in [6, 6.07) is 12.2. The molecule has 0 N–H and O–H groups in total. The second-order valence-corrected chi connectivity index (χ2v) is 7.99. The third kappa shape index (κ3) is 2.82. The van der Waals surface area contributed by atoms with Gasteiger partial charge in [0.2, 0.25) is 4.96 Å². The second-order valence-electron chi connectivity index (χ2n) is 5.47.